The van der Waals surface area contributed by atoms with Crippen LogP contribution < -0.4 is 5.56 Å². The summed E-state index contributed by atoms with van der Waals surface area (Å²) in [4.78, 5) is 34.5. The van der Waals surface area contributed by atoms with Gasteiger partial charge in [0, 0.05) is 61.4 Å². The lowest BCUT2D eigenvalue weighted by Crippen LogP contribution is -2.32. The number of hydrogen-bond donors (Lipinski definition) is 2. The van der Waals surface area contributed by atoms with Crippen LogP contribution in [-0.2, 0) is 7.05 Å². The highest BCUT2D eigenvalue weighted by molar-refractivity contribution is 5.89. The molecule has 1 aliphatic heterocycles. The van der Waals surface area contributed by atoms with E-state index >= 15 is 0 Å². The van der Waals surface area contributed by atoms with Crippen molar-refractivity contribution >= 4 is 33.5 Å². The third-order valence-corrected chi connectivity index (χ3v) is 7.89. The molecule has 0 saturated heterocycles. The predicted octanol–water partition coefficient (Wildman–Crippen LogP) is 5.20. The molecule has 0 fully saturated rings. The predicted molar refractivity (Wildman–Crippen MR) is 149 cm³/mol. The first-order valence-electron chi connectivity index (χ1n) is 12.8. The first kappa shape index (κ1) is 24.8. The summed E-state index contributed by atoms with van der Waals surface area (Å²) < 4.78 is 18.6. The molecule has 8 nitrogen and oxygen atoms in total. The van der Waals surface area contributed by atoms with Gasteiger partial charge in [-0.3, -0.25) is 14.3 Å². The number of aromatic carboxylic acids is 1. The molecule has 0 unspecified atom stereocenters. The molecule has 0 bridgehead atoms. The Morgan fingerprint density at radius 3 is 2.72 bits per heavy atom. The van der Waals surface area contributed by atoms with Crippen molar-refractivity contribution in [2.45, 2.75) is 26.3 Å². The zero-order chi connectivity index (χ0) is 27.4. The Morgan fingerprint density at radius 2 is 2.00 bits per heavy atom. The average Bonchev–Trinajstić information content (AvgIpc) is 3.54. The number of benzene rings is 1. The lowest BCUT2D eigenvalue weighted by Gasteiger charge is -2.32. The summed E-state index contributed by atoms with van der Waals surface area (Å²) in [6.07, 6.45) is 7.95. The van der Waals surface area contributed by atoms with Crippen molar-refractivity contribution in [3.05, 3.63) is 99.6 Å². The number of pyridine rings is 2. The monoisotopic (exact) mass is 525 g/mol. The second-order valence-corrected chi connectivity index (χ2v) is 10.1. The lowest BCUT2D eigenvalue weighted by molar-refractivity contribution is 0.0696. The van der Waals surface area contributed by atoms with Gasteiger partial charge >= 0.3 is 5.97 Å². The second-order valence-electron chi connectivity index (χ2n) is 10.1. The fraction of sp³-hybridized carbons (Fsp3) is 0.233. The summed E-state index contributed by atoms with van der Waals surface area (Å²) in [7, 11) is 1.98. The molecule has 0 aliphatic carbocycles. The van der Waals surface area contributed by atoms with Gasteiger partial charge in [0.05, 0.1) is 22.2 Å². The maximum atomic E-state index is 14.9. The van der Waals surface area contributed by atoms with Crippen molar-refractivity contribution in [3.8, 4) is 5.69 Å². The molecule has 1 aliphatic rings. The van der Waals surface area contributed by atoms with E-state index in [1.54, 1.807) is 36.1 Å². The number of fused-ring (bicyclic) bond motifs is 2. The van der Waals surface area contributed by atoms with E-state index in [0.29, 0.717) is 29.5 Å². The fourth-order valence-corrected chi connectivity index (χ4v) is 5.80. The molecule has 9 heteroatoms. The van der Waals surface area contributed by atoms with Gasteiger partial charge in [-0.1, -0.05) is 6.08 Å². The van der Waals surface area contributed by atoms with E-state index in [1.165, 1.54) is 6.07 Å². The van der Waals surface area contributed by atoms with Crippen LogP contribution in [0.5, 0.6) is 0 Å². The first-order valence-corrected chi connectivity index (χ1v) is 12.8. The number of aromatic amines is 1. The van der Waals surface area contributed by atoms with Crippen LogP contribution in [0.25, 0.3) is 33.2 Å². The fourth-order valence-electron chi connectivity index (χ4n) is 5.80. The van der Waals surface area contributed by atoms with E-state index in [9.17, 15) is 19.1 Å². The standard InChI is InChI=1S/C30H28FN5O3/c1-17-14-20(30(38)39)15-23(31)27(17)19-6-11-35(12-7-19)18(2)26-16-22-25(5-10-33-28(22)34(26)3)36-13-8-24-21(29(36)37)4-9-32-24/h4-6,8-10,13-16,18,32H,7,11-12H2,1-3H3,(H,38,39)/t18-/m1/s1. The number of nitrogens with one attached hydrogen (secondary N) is 1. The number of nitrogens with zero attached hydrogens (tertiary/aromatic N) is 4. The topological polar surface area (TPSA) is 96.2 Å². The first-order chi connectivity index (χ1) is 18.7. The van der Waals surface area contributed by atoms with E-state index in [4.69, 9.17) is 0 Å². The summed E-state index contributed by atoms with van der Waals surface area (Å²) in [6, 6.07) is 10.3. The normalized spacial score (nSPS) is 15.1. The minimum atomic E-state index is -1.14. The molecule has 198 valence electrons. The molecule has 0 radical (unpaired) electrons. The van der Waals surface area contributed by atoms with Gasteiger partial charge in [-0.25, -0.2) is 14.2 Å². The van der Waals surface area contributed by atoms with Gasteiger partial charge in [-0.05, 0) is 67.8 Å². The summed E-state index contributed by atoms with van der Waals surface area (Å²) in [5.74, 6) is -1.64. The molecule has 2 N–H and O–H groups in total. The summed E-state index contributed by atoms with van der Waals surface area (Å²) in [5, 5.41) is 10.8. The number of rotatable bonds is 5. The Balaban J connectivity index is 1.32. The number of hydrogen-bond acceptors (Lipinski definition) is 4. The molecular weight excluding hydrogens is 497 g/mol. The lowest BCUT2D eigenvalue weighted by atomic mass is 9.93. The SMILES string of the molecule is Cc1cc(C(=O)O)cc(F)c1C1=CCN([C@H](C)c2cc3c(-n4ccc5[nH]ccc5c4=O)ccnc3n2C)CC1. The summed E-state index contributed by atoms with van der Waals surface area (Å²) >= 11 is 0. The molecule has 0 saturated carbocycles. The van der Waals surface area contributed by atoms with E-state index in [1.807, 2.05) is 25.3 Å². The van der Waals surface area contributed by atoms with Crippen molar-refractivity contribution in [2.75, 3.05) is 13.1 Å². The average molecular weight is 526 g/mol. The highest BCUT2D eigenvalue weighted by Crippen LogP contribution is 2.34. The van der Waals surface area contributed by atoms with Crippen molar-refractivity contribution in [3.63, 3.8) is 0 Å². The van der Waals surface area contributed by atoms with Crippen LogP contribution in [0.3, 0.4) is 0 Å². The van der Waals surface area contributed by atoms with E-state index in [-0.39, 0.29) is 17.2 Å². The van der Waals surface area contributed by atoms with Crippen molar-refractivity contribution in [1.29, 1.82) is 0 Å². The Kier molecular flexibility index (Phi) is 5.95. The minimum Gasteiger partial charge on any atom is -0.478 e. The van der Waals surface area contributed by atoms with Gasteiger partial charge in [-0.15, -0.1) is 0 Å². The van der Waals surface area contributed by atoms with Gasteiger partial charge in [0.15, 0.2) is 0 Å². The maximum absolute atomic E-state index is 14.9. The third-order valence-electron chi connectivity index (χ3n) is 7.89. The molecule has 5 aromatic rings. The van der Waals surface area contributed by atoms with Crippen LogP contribution in [0, 0.1) is 12.7 Å². The zero-order valence-electron chi connectivity index (χ0n) is 21.9. The highest BCUT2D eigenvalue weighted by Gasteiger charge is 2.25. The summed E-state index contributed by atoms with van der Waals surface area (Å²) in [6.45, 7) is 5.23. The van der Waals surface area contributed by atoms with Crippen LogP contribution in [0.2, 0.25) is 0 Å². The van der Waals surface area contributed by atoms with Crippen LogP contribution in [0.15, 0.2) is 65.9 Å². The summed E-state index contributed by atoms with van der Waals surface area (Å²) in [5.41, 5.74) is 5.31. The molecule has 5 heterocycles. The van der Waals surface area contributed by atoms with Gasteiger partial charge < -0.3 is 14.7 Å². The molecule has 4 aromatic heterocycles. The number of carbonyl (C=O) groups is 1. The Labute approximate surface area is 223 Å². The van der Waals surface area contributed by atoms with Crippen LogP contribution >= 0.6 is 0 Å². The number of aromatic nitrogens is 4. The zero-order valence-corrected chi connectivity index (χ0v) is 21.9. The number of halogens is 1. The number of H-pyrrole nitrogens is 1. The van der Waals surface area contributed by atoms with E-state index < -0.39 is 11.8 Å². The van der Waals surface area contributed by atoms with E-state index in [0.717, 1.165) is 46.1 Å². The van der Waals surface area contributed by atoms with Crippen molar-refractivity contribution < 1.29 is 14.3 Å². The van der Waals surface area contributed by atoms with Crippen molar-refractivity contribution in [2.24, 2.45) is 7.05 Å². The van der Waals surface area contributed by atoms with Crippen LogP contribution in [0.4, 0.5) is 4.39 Å². The molecule has 39 heavy (non-hydrogen) atoms. The molecular formula is C30H28FN5O3. The smallest absolute Gasteiger partial charge is 0.335 e. The second kappa shape index (κ2) is 9.36. The van der Waals surface area contributed by atoms with Gasteiger partial charge in [0.25, 0.3) is 5.56 Å². The Bertz CT molecular complexity index is 1840. The number of carboxylic acids is 1. The molecule has 0 amide bonds. The Morgan fingerprint density at radius 1 is 1.18 bits per heavy atom. The third kappa shape index (κ3) is 4.06. The minimum absolute atomic E-state index is 0.0408. The quantitative estimate of drug-likeness (QED) is 0.329. The molecule has 1 atom stereocenters. The Hall–Kier alpha value is -4.50. The molecule has 6 rings (SSSR count). The van der Waals surface area contributed by atoms with Gasteiger partial charge in [-0.2, -0.15) is 0 Å². The number of carboxylic acid groups (broad SMARTS) is 1. The van der Waals surface area contributed by atoms with E-state index in [2.05, 4.69) is 32.4 Å². The highest BCUT2D eigenvalue weighted by atomic mass is 19.1. The van der Waals surface area contributed by atoms with Gasteiger partial charge in [0.2, 0.25) is 0 Å². The van der Waals surface area contributed by atoms with Crippen LogP contribution in [0.1, 0.15) is 46.6 Å². The molecule has 0 spiro atoms. The largest absolute Gasteiger partial charge is 0.478 e. The number of aryl methyl sites for hydroxylation is 2. The van der Waals surface area contributed by atoms with Gasteiger partial charge in [0.1, 0.15) is 11.5 Å². The maximum Gasteiger partial charge on any atom is 0.335 e. The molecule has 1 aromatic carbocycles. The van der Waals surface area contributed by atoms with Crippen LogP contribution in [-0.4, -0.2) is 48.2 Å². The van der Waals surface area contributed by atoms with Crippen molar-refractivity contribution in [1.82, 2.24) is 24.0 Å².